The summed E-state index contributed by atoms with van der Waals surface area (Å²) in [4.78, 5) is 0. The molecule has 0 aliphatic heterocycles. The fourth-order valence-corrected chi connectivity index (χ4v) is 2.39. The van der Waals surface area contributed by atoms with Crippen molar-refractivity contribution in [3.63, 3.8) is 0 Å². The van der Waals surface area contributed by atoms with E-state index in [0.29, 0.717) is 0 Å². The zero-order valence-corrected chi connectivity index (χ0v) is 11.8. The first-order valence-corrected chi connectivity index (χ1v) is 6.99. The van der Waals surface area contributed by atoms with Gasteiger partial charge in [-0.25, -0.2) is 0 Å². The van der Waals surface area contributed by atoms with Gasteiger partial charge in [-0.3, -0.25) is 4.68 Å². The number of hydrogen-bond donors (Lipinski definition) is 1. The Kier molecular flexibility index (Phi) is 4.38. The first-order valence-electron chi connectivity index (χ1n) is 6.99. The minimum absolute atomic E-state index is 0.192. The van der Waals surface area contributed by atoms with Crippen molar-refractivity contribution in [1.82, 2.24) is 9.78 Å². The molecule has 0 saturated heterocycles. The minimum atomic E-state index is -0.192. The molecule has 1 aromatic carbocycles. The maximum Gasteiger partial charge on any atom is 0.0522 e. The molecule has 3 heteroatoms. The zero-order chi connectivity index (χ0) is 13.7. The van der Waals surface area contributed by atoms with Crippen molar-refractivity contribution in [3.8, 4) is 0 Å². The van der Waals surface area contributed by atoms with Crippen molar-refractivity contribution in [2.45, 2.75) is 45.2 Å². The van der Waals surface area contributed by atoms with Gasteiger partial charge in [0.25, 0.3) is 0 Å². The van der Waals surface area contributed by atoms with Crippen molar-refractivity contribution >= 4 is 0 Å². The lowest BCUT2D eigenvalue weighted by Gasteiger charge is -2.28. The maximum absolute atomic E-state index is 6.58. The smallest absolute Gasteiger partial charge is 0.0522 e. The molecule has 0 fully saturated rings. The van der Waals surface area contributed by atoms with Crippen LogP contribution in [-0.4, -0.2) is 15.3 Å². The molecule has 3 nitrogen and oxygen atoms in total. The standard InChI is InChI=1S/C16H23N3/c1-3-16(17,10-14-8-6-5-7-9-14)11-15-12-18-19(4-2)13-15/h5-9,12-13H,3-4,10-11,17H2,1-2H3. The summed E-state index contributed by atoms with van der Waals surface area (Å²) in [5.41, 5.74) is 8.91. The number of nitrogens with zero attached hydrogens (tertiary/aromatic N) is 2. The van der Waals surface area contributed by atoms with Gasteiger partial charge in [0.1, 0.15) is 0 Å². The molecule has 2 N–H and O–H groups in total. The molecule has 0 amide bonds. The predicted molar refractivity (Wildman–Crippen MR) is 79.0 cm³/mol. The third-order valence-electron chi connectivity index (χ3n) is 3.67. The minimum Gasteiger partial charge on any atom is -0.325 e. The molecule has 1 aromatic heterocycles. The monoisotopic (exact) mass is 257 g/mol. The van der Waals surface area contributed by atoms with Crippen LogP contribution < -0.4 is 5.73 Å². The van der Waals surface area contributed by atoms with E-state index in [1.807, 2.05) is 16.9 Å². The van der Waals surface area contributed by atoms with Gasteiger partial charge in [0, 0.05) is 18.3 Å². The van der Waals surface area contributed by atoms with E-state index in [4.69, 9.17) is 5.73 Å². The number of aromatic nitrogens is 2. The van der Waals surface area contributed by atoms with Crippen LogP contribution in [0.1, 0.15) is 31.4 Å². The second-order valence-electron chi connectivity index (χ2n) is 5.26. The molecule has 0 aliphatic rings. The van der Waals surface area contributed by atoms with Crippen LogP contribution >= 0.6 is 0 Å². The highest BCUT2D eigenvalue weighted by Gasteiger charge is 2.24. The highest BCUT2D eigenvalue weighted by atomic mass is 15.3. The molecule has 19 heavy (non-hydrogen) atoms. The van der Waals surface area contributed by atoms with Gasteiger partial charge in [0.05, 0.1) is 6.20 Å². The molecule has 0 aliphatic carbocycles. The Hall–Kier alpha value is -1.61. The van der Waals surface area contributed by atoms with Crippen LogP contribution in [0.2, 0.25) is 0 Å². The molecule has 0 bridgehead atoms. The zero-order valence-electron chi connectivity index (χ0n) is 11.8. The first-order chi connectivity index (χ1) is 9.15. The molecule has 1 atom stereocenters. The lowest BCUT2D eigenvalue weighted by atomic mass is 9.84. The second kappa shape index (κ2) is 6.02. The summed E-state index contributed by atoms with van der Waals surface area (Å²) in [6.45, 7) is 5.16. The van der Waals surface area contributed by atoms with E-state index in [-0.39, 0.29) is 5.54 Å². The van der Waals surface area contributed by atoms with Gasteiger partial charge in [0.15, 0.2) is 0 Å². The van der Waals surface area contributed by atoms with Crippen molar-refractivity contribution in [3.05, 3.63) is 53.9 Å². The van der Waals surface area contributed by atoms with E-state index in [1.165, 1.54) is 11.1 Å². The van der Waals surface area contributed by atoms with Gasteiger partial charge in [-0.2, -0.15) is 5.10 Å². The summed E-state index contributed by atoms with van der Waals surface area (Å²) < 4.78 is 1.95. The topological polar surface area (TPSA) is 43.8 Å². The van der Waals surface area contributed by atoms with E-state index in [2.05, 4.69) is 49.4 Å². The highest BCUT2D eigenvalue weighted by molar-refractivity contribution is 5.20. The Bertz CT molecular complexity index is 504. The van der Waals surface area contributed by atoms with Crippen molar-refractivity contribution < 1.29 is 0 Å². The van der Waals surface area contributed by atoms with Gasteiger partial charge in [0.2, 0.25) is 0 Å². The first kappa shape index (κ1) is 13.8. The molecule has 0 radical (unpaired) electrons. The van der Waals surface area contributed by atoms with E-state index in [9.17, 15) is 0 Å². The van der Waals surface area contributed by atoms with Gasteiger partial charge < -0.3 is 5.73 Å². The fourth-order valence-electron chi connectivity index (χ4n) is 2.39. The molecule has 0 spiro atoms. The number of aryl methyl sites for hydroxylation is 1. The highest BCUT2D eigenvalue weighted by Crippen LogP contribution is 2.20. The average molecular weight is 257 g/mol. The number of nitrogens with two attached hydrogens (primary N) is 1. The van der Waals surface area contributed by atoms with Gasteiger partial charge in [-0.1, -0.05) is 37.3 Å². The molecular formula is C16H23N3. The summed E-state index contributed by atoms with van der Waals surface area (Å²) in [7, 11) is 0. The van der Waals surface area contributed by atoms with Crippen molar-refractivity contribution in [2.75, 3.05) is 0 Å². The predicted octanol–water partition coefficient (Wildman–Crippen LogP) is 2.80. The van der Waals surface area contributed by atoms with Crippen LogP contribution in [0.15, 0.2) is 42.7 Å². The summed E-state index contributed by atoms with van der Waals surface area (Å²) in [5.74, 6) is 0. The van der Waals surface area contributed by atoms with Gasteiger partial charge in [-0.15, -0.1) is 0 Å². The Morgan fingerprint density at radius 1 is 1.11 bits per heavy atom. The van der Waals surface area contributed by atoms with Crippen LogP contribution in [0.3, 0.4) is 0 Å². The molecule has 1 unspecified atom stereocenters. The van der Waals surface area contributed by atoms with Crippen molar-refractivity contribution in [1.29, 1.82) is 0 Å². The van der Waals surface area contributed by atoms with Gasteiger partial charge >= 0.3 is 0 Å². The van der Waals surface area contributed by atoms with E-state index in [1.54, 1.807) is 0 Å². The largest absolute Gasteiger partial charge is 0.325 e. The lowest BCUT2D eigenvalue weighted by molar-refractivity contribution is 0.404. The van der Waals surface area contributed by atoms with Crippen LogP contribution in [0.5, 0.6) is 0 Å². The summed E-state index contributed by atoms with van der Waals surface area (Å²) >= 11 is 0. The van der Waals surface area contributed by atoms with Crippen LogP contribution in [0.25, 0.3) is 0 Å². The summed E-state index contributed by atoms with van der Waals surface area (Å²) in [6.07, 6.45) is 6.77. The van der Waals surface area contributed by atoms with Crippen LogP contribution in [0, 0.1) is 0 Å². The van der Waals surface area contributed by atoms with Crippen LogP contribution in [0.4, 0.5) is 0 Å². The van der Waals surface area contributed by atoms with Crippen molar-refractivity contribution in [2.24, 2.45) is 5.73 Å². The average Bonchev–Trinajstić information content (AvgIpc) is 2.87. The molecular weight excluding hydrogens is 234 g/mol. The second-order valence-corrected chi connectivity index (χ2v) is 5.26. The molecule has 2 aromatic rings. The number of benzene rings is 1. The molecule has 102 valence electrons. The number of rotatable bonds is 6. The van der Waals surface area contributed by atoms with E-state index in [0.717, 1.165) is 25.8 Å². The van der Waals surface area contributed by atoms with Crippen LogP contribution in [-0.2, 0) is 19.4 Å². The fraction of sp³-hybridized carbons (Fsp3) is 0.438. The van der Waals surface area contributed by atoms with E-state index >= 15 is 0 Å². The lowest BCUT2D eigenvalue weighted by Crippen LogP contribution is -2.43. The third-order valence-corrected chi connectivity index (χ3v) is 3.67. The summed E-state index contributed by atoms with van der Waals surface area (Å²) in [5, 5.41) is 4.32. The summed E-state index contributed by atoms with van der Waals surface area (Å²) in [6, 6.07) is 10.5. The Morgan fingerprint density at radius 3 is 2.37 bits per heavy atom. The Labute approximate surface area is 115 Å². The molecule has 2 rings (SSSR count). The van der Waals surface area contributed by atoms with Gasteiger partial charge in [-0.05, 0) is 37.3 Å². The Morgan fingerprint density at radius 2 is 1.79 bits per heavy atom. The third kappa shape index (κ3) is 3.67. The normalized spacial score (nSPS) is 14.3. The number of hydrogen-bond acceptors (Lipinski definition) is 2. The van der Waals surface area contributed by atoms with E-state index < -0.39 is 0 Å². The molecule has 0 saturated carbocycles. The quantitative estimate of drug-likeness (QED) is 0.864. The SMILES string of the molecule is CCn1cc(CC(N)(CC)Cc2ccccc2)cn1. The maximum atomic E-state index is 6.58. The Balaban J connectivity index is 2.09. The molecule has 1 heterocycles.